The van der Waals surface area contributed by atoms with Crippen molar-refractivity contribution in [2.45, 2.75) is 6.18 Å². The molecule has 122 valence electrons. The lowest BCUT2D eigenvalue weighted by atomic mass is 10.1. The number of rotatable bonds is 3. The largest absolute Gasteiger partial charge is 0.493 e. The Morgan fingerprint density at radius 3 is 2.50 bits per heavy atom. The molecule has 2 aromatic heterocycles. The Hall–Kier alpha value is -2.96. The minimum atomic E-state index is -4.43. The lowest BCUT2D eigenvalue weighted by molar-refractivity contribution is -0.137. The topological polar surface area (TPSA) is 47.9 Å². The molecule has 3 rings (SSSR count). The quantitative estimate of drug-likeness (QED) is 0.720. The Morgan fingerprint density at radius 1 is 1.00 bits per heavy atom. The third kappa shape index (κ3) is 3.19. The molecular formula is C17H12F3N3O. The SMILES string of the molecule is COc1cnc(-c2ccccn2)nc1-c1cccc(C(F)(F)F)c1. The Bertz CT molecular complexity index is 851. The van der Waals surface area contributed by atoms with E-state index in [0.717, 1.165) is 12.1 Å². The maximum atomic E-state index is 12.9. The van der Waals surface area contributed by atoms with E-state index in [1.54, 1.807) is 30.5 Å². The van der Waals surface area contributed by atoms with E-state index < -0.39 is 11.7 Å². The molecule has 7 heteroatoms. The predicted molar refractivity (Wildman–Crippen MR) is 82.3 cm³/mol. The molecule has 2 heterocycles. The van der Waals surface area contributed by atoms with E-state index in [9.17, 15) is 13.2 Å². The summed E-state index contributed by atoms with van der Waals surface area (Å²) in [7, 11) is 1.41. The molecule has 0 N–H and O–H groups in total. The highest BCUT2D eigenvalue weighted by molar-refractivity contribution is 5.68. The number of aromatic nitrogens is 3. The summed E-state index contributed by atoms with van der Waals surface area (Å²) in [5.74, 6) is 0.595. The number of ether oxygens (including phenoxy) is 1. The summed E-state index contributed by atoms with van der Waals surface area (Å²) < 4.78 is 44.0. The third-order valence-electron chi connectivity index (χ3n) is 3.33. The number of halogens is 3. The maximum absolute atomic E-state index is 12.9. The summed E-state index contributed by atoms with van der Waals surface area (Å²) in [6.45, 7) is 0. The van der Waals surface area contributed by atoms with Crippen molar-refractivity contribution in [1.29, 1.82) is 0 Å². The molecule has 24 heavy (non-hydrogen) atoms. The molecule has 0 amide bonds. The second-order valence-electron chi connectivity index (χ2n) is 4.90. The van der Waals surface area contributed by atoms with Crippen LogP contribution in [0, 0.1) is 0 Å². The van der Waals surface area contributed by atoms with E-state index in [2.05, 4.69) is 15.0 Å². The van der Waals surface area contributed by atoms with E-state index >= 15 is 0 Å². The smallest absolute Gasteiger partial charge is 0.416 e. The fraction of sp³-hybridized carbons (Fsp3) is 0.118. The van der Waals surface area contributed by atoms with Crippen LogP contribution in [0.1, 0.15) is 5.56 Å². The molecule has 0 aliphatic carbocycles. The summed E-state index contributed by atoms with van der Waals surface area (Å²) in [6.07, 6.45) is -1.42. The Morgan fingerprint density at radius 2 is 1.83 bits per heavy atom. The minimum absolute atomic E-state index is 0.277. The van der Waals surface area contributed by atoms with E-state index in [0.29, 0.717) is 17.1 Å². The number of benzene rings is 1. The highest BCUT2D eigenvalue weighted by Gasteiger charge is 2.30. The van der Waals surface area contributed by atoms with Crippen LogP contribution in [0.5, 0.6) is 5.75 Å². The molecule has 3 aromatic rings. The van der Waals surface area contributed by atoms with Crippen LogP contribution in [0.15, 0.2) is 54.9 Å². The van der Waals surface area contributed by atoms with Crippen molar-refractivity contribution in [3.63, 3.8) is 0 Å². The van der Waals surface area contributed by atoms with Crippen molar-refractivity contribution in [2.24, 2.45) is 0 Å². The first kappa shape index (κ1) is 15.9. The minimum Gasteiger partial charge on any atom is -0.493 e. The van der Waals surface area contributed by atoms with E-state index in [4.69, 9.17) is 4.74 Å². The molecule has 0 bridgehead atoms. The summed E-state index contributed by atoms with van der Waals surface area (Å²) in [5, 5.41) is 0. The van der Waals surface area contributed by atoms with Crippen LogP contribution >= 0.6 is 0 Å². The van der Waals surface area contributed by atoms with Crippen molar-refractivity contribution in [1.82, 2.24) is 15.0 Å². The van der Waals surface area contributed by atoms with Crippen LogP contribution < -0.4 is 4.74 Å². The molecule has 0 unspecified atom stereocenters. The van der Waals surface area contributed by atoms with Gasteiger partial charge in [0.2, 0.25) is 0 Å². The molecule has 4 nitrogen and oxygen atoms in total. The third-order valence-corrected chi connectivity index (χ3v) is 3.33. The lowest BCUT2D eigenvalue weighted by Crippen LogP contribution is -2.05. The fourth-order valence-electron chi connectivity index (χ4n) is 2.19. The molecule has 0 fully saturated rings. The fourth-order valence-corrected chi connectivity index (χ4v) is 2.19. The Balaban J connectivity index is 2.13. The Kier molecular flexibility index (Phi) is 4.16. The van der Waals surface area contributed by atoms with Gasteiger partial charge in [0.15, 0.2) is 11.6 Å². The summed E-state index contributed by atoms with van der Waals surface area (Å²) in [5.41, 5.74) is 0.342. The molecule has 0 saturated carbocycles. The molecule has 1 aromatic carbocycles. The van der Waals surface area contributed by atoms with Crippen LogP contribution in [0.25, 0.3) is 22.8 Å². The van der Waals surface area contributed by atoms with E-state index in [1.165, 1.54) is 19.4 Å². The van der Waals surface area contributed by atoms with Gasteiger partial charge in [0.25, 0.3) is 0 Å². The van der Waals surface area contributed by atoms with Gasteiger partial charge in [-0.25, -0.2) is 9.97 Å². The van der Waals surface area contributed by atoms with Crippen molar-refractivity contribution in [2.75, 3.05) is 7.11 Å². The van der Waals surface area contributed by atoms with Crippen LogP contribution in [0.3, 0.4) is 0 Å². The first-order chi connectivity index (χ1) is 11.5. The number of pyridine rings is 1. The van der Waals surface area contributed by atoms with Crippen molar-refractivity contribution in [3.05, 3.63) is 60.4 Å². The van der Waals surface area contributed by atoms with Crippen molar-refractivity contribution < 1.29 is 17.9 Å². The lowest BCUT2D eigenvalue weighted by Gasteiger charge is -2.11. The van der Waals surface area contributed by atoms with Gasteiger partial charge in [-0.3, -0.25) is 4.98 Å². The van der Waals surface area contributed by atoms with Gasteiger partial charge in [0.05, 0.1) is 18.9 Å². The van der Waals surface area contributed by atoms with Gasteiger partial charge >= 0.3 is 6.18 Å². The highest BCUT2D eigenvalue weighted by atomic mass is 19.4. The zero-order valence-electron chi connectivity index (χ0n) is 12.6. The first-order valence-electron chi connectivity index (χ1n) is 6.99. The maximum Gasteiger partial charge on any atom is 0.416 e. The number of hydrogen-bond donors (Lipinski definition) is 0. The standard InChI is InChI=1S/C17H12F3N3O/c1-24-14-10-22-16(13-7-2-3-8-21-13)23-15(14)11-5-4-6-12(9-11)17(18,19)20/h2-10H,1H3. The van der Waals surface area contributed by atoms with E-state index in [-0.39, 0.29) is 11.4 Å². The normalized spacial score (nSPS) is 11.3. The van der Waals surface area contributed by atoms with Crippen LogP contribution in [-0.2, 0) is 6.18 Å². The molecular weight excluding hydrogens is 319 g/mol. The second kappa shape index (κ2) is 6.27. The number of methoxy groups -OCH3 is 1. The second-order valence-corrected chi connectivity index (χ2v) is 4.90. The number of alkyl halides is 3. The molecule has 0 atom stereocenters. The highest BCUT2D eigenvalue weighted by Crippen LogP contribution is 2.34. The Labute approximate surface area is 136 Å². The van der Waals surface area contributed by atoms with Gasteiger partial charge < -0.3 is 4.74 Å². The monoisotopic (exact) mass is 331 g/mol. The van der Waals surface area contributed by atoms with Crippen LogP contribution in [0.2, 0.25) is 0 Å². The van der Waals surface area contributed by atoms with Gasteiger partial charge in [-0.15, -0.1) is 0 Å². The molecule has 0 aliphatic rings. The average Bonchev–Trinajstić information content (AvgIpc) is 2.61. The molecule has 0 radical (unpaired) electrons. The summed E-state index contributed by atoms with van der Waals surface area (Å²) in [6, 6.07) is 10.2. The zero-order chi connectivity index (χ0) is 17.2. The number of nitrogens with zero attached hydrogens (tertiary/aromatic N) is 3. The van der Waals surface area contributed by atoms with Gasteiger partial charge in [0.1, 0.15) is 11.4 Å². The van der Waals surface area contributed by atoms with Gasteiger partial charge in [0, 0.05) is 11.8 Å². The van der Waals surface area contributed by atoms with E-state index in [1.807, 2.05) is 0 Å². The average molecular weight is 331 g/mol. The van der Waals surface area contributed by atoms with Crippen LogP contribution in [0.4, 0.5) is 13.2 Å². The number of hydrogen-bond acceptors (Lipinski definition) is 4. The summed E-state index contributed by atoms with van der Waals surface area (Å²) >= 11 is 0. The first-order valence-corrected chi connectivity index (χ1v) is 6.99. The van der Waals surface area contributed by atoms with Gasteiger partial charge in [-0.05, 0) is 24.3 Å². The predicted octanol–water partition coefficient (Wildman–Crippen LogP) is 4.23. The molecule has 0 spiro atoms. The van der Waals surface area contributed by atoms with Crippen molar-refractivity contribution >= 4 is 0 Å². The zero-order valence-corrected chi connectivity index (χ0v) is 12.6. The van der Waals surface area contributed by atoms with Crippen LogP contribution in [-0.4, -0.2) is 22.1 Å². The summed E-state index contributed by atoms with van der Waals surface area (Å²) in [4.78, 5) is 12.6. The molecule has 0 aliphatic heterocycles. The van der Waals surface area contributed by atoms with Gasteiger partial charge in [-0.1, -0.05) is 18.2 Å². The van der Waals surface area contributed by atoms with Gasteiger partial charge in [-0.2, -0.15) is 13.2 Å². The van der Waals surface area contributed by atoms with Crippen molar-refractivity contribution in [3.8, 4) is 28.5 Å². The molecule has 0 saturated heterocycles.